The fourth-order valence-electron chi connectivity index (χ4n) is 2.34. The minimum Gasteiger partial charge on any atom is -0.481 e. The van der Waals surface area contributed by atoms with Crippen LogP contribution in [0.1, 0.15) is 61.6 Å². The van der Waals surface area contributed by atoms with Gasteiger partial charge in [-0.25, -0.2) is 4.98 Å². The molecule has 22 heavy (non-hydrogen) atoms. The van der Waals surface area contributed by atoms with Gasteiger partial charge in [0.15, 0.2) is 0 Å². The SMILES string of the molecule is CC(C)C(C)(CC(=O)O)NC(=O)c1csc(C2CCCO2)n1. The molecule has 2 heterocycles. The van der Waals surface area contributed by atoms with Crippen LogP contribution in [0.3, 0.4) is 0 Å². The highest BCUT2D eigenvalue weighted by Crippen LogP contribution is 2.31. The molecule has 122 valence electrons. The van der Waals surface area contributed by atoms with Gasteiger partial charge in [0.2, 0.25) is 0 Å². The van der Waals surface area contributed by atoms with Crippen LogP contribution in [-0.4, -0.2) is 34.1 Å². The van der Waals surface area contributed by atoms with Gasteiger partial charge >= 0.3 is 5.97 Å². The summed E-state index contributed by atoms with van der Waals surface area (Å²) in [6.07, 6.45) is 1.80. The van der Waals surface area contributed by atoms with Crippen molar-refractivity contribution in [3.05, 3.63) is 16.1 Å². The van der Waals surface area contributed by atoms with E-state index in [1.807, 2.05) is 13.8 Å². The molecule has 0 radical (unpaired) electrons. The van der Waals surface area contributed by atoms with E-state index < -0.39 is 11.5 Å². The first kappa shape index (κ1) is 16.9. The normalized spacial score (nSPS) is 20.8. The molecule has 2 N–H and O–H groups in total. The molecule has 0 spiro atoms. The quantitative estimate of drug-likeness (QED) is 0.839. The zero-order valence-electron chi connectivity index (χ0n) is 13.1. The fourth-order valence-corrected chi connectivity index (χ4v) is 3.22. The maximum atomic E-state index is 12.4. The summed E-state index contributed by atoms with van der Waals surface area (Å²) in [7, 11) is 0. The number of aromatic nitrogens is 1. The number of hydrogen-bond acceptors (Lipinski definition) is 5. The molecule has 0 saturated carbocycles. The summed E-state index contributed by atoms with van der Waals surface area (Å²) >= 11 is 1.41. The fraction of sp³-hybridized carbons (Fsp3) is 0.667. The van der Waals surface area contributed by atoms with Crippen LogP contribution in [0.4, 0.5) is 0 Å². The molecule has 1 aliphatic rings. The van der Waals surface area contributed by atoms with Gasteiger partial charge in [0.1, 0.15) is 16.8 Å². The van der Waals surface area contributed by atoms with E-state index in [1.165, 1.54) is 11.3 Å². The largest absolute Gasteiger partial charge is 0.481 e. The number of carboxylic acid groups (broad SMARTS) is 1. The summed E-state index contributed by atoms with van der Waals surface area (Å²) in [5.74, 6) is -1.28. The number of hydrogen-bond donors (Lipinski definition) is 2. The second-order valence-electron chi connectivity index (χ2n) is 6.17. The third-order valence-corrected chi connectivity index (χ3v) is 5.09. The maximum absolute atomic E-state index is 12.4. The number of rotatable bonds is 6. The Labute approximate surface area is 133 Å². The Balaban J connectivity index is 2.08. The lowest BCUT2D eigenvalue weighted by Crippen LogP contribution is -2.51. The van der Waals surface area contributed by atoms with E-state index in [-0.39, 0.29) is 24.3 Å². The van der Waals surface area contributed by atoms with E-state index >= 15 is 0 Å². The van der Waals surface area contributed by atoms with Crippen molar-refractivity contribution >= 4 is 23.2 Å². The van der Waals surface area contributed by atoms with Crippen molar-refractivity contribution in [1.82, 2.24) is 10.3 Å². The zero-order valence-corrected chi connectivity index (χ0v) is 13.9. The molecule has 1 fully saturated rings. The first-order valence-corrected chi connectivity index (χ1v) is 8.31. The van der Waals surface area contributed by atoms with Crippen LogP contribution in [0.15, 0.2) is 5.38 Å². The Hall–Kier alpha value is -1.47. The van der Waals surface area contributed by atoms with Gasteiger partial charge in [0, 0.05) is 12.0 Å². The average molecular weight is 326 g/mol. The molecule has 7 heteroatoms. The van der Waals surface area contributed by atoms with Crippen molar-refractivity contribution in [2.75, 3.05) is 6.61 Å². The summed E-state index contributed by atoms with van der Waals surface area (Å²) in [5.41, 5.74) is -0.482. The molecule has 2 unspecified atom stereocenters. The lowest BCUT2D eigenvalue weighted by Gasteiger charge is -2.33. The maximum Gasteiger partial charge on any atom is 0.305 e. The number of thiazole rings is 1. The molecule has 2 atom stereocenters. The molecular formula is C15H22N2O4S. The molecule has 0 aliphatic carbocycles. The van der Waals surface area contributed by atoms with E-state index in [1.54, 1.807) is 12.3 Å². The number of carbonyl (C=O) groups excluding carboxylic acids is 1. The first-order chi connectivity index (χ1) is 10.3. The molecule has 1 saturated heterocycles. The Morgan fingerprint density at radius 2 is 2.32 bits per heavy atom. The molecule has 1 aliphatic heterocycles. The summed E-state index contributed by atoms with van der Waals surface area (Å²) in [4.78, 5) is 27.8. The predicted octanol–water partition coefficient (Wildman–Crippen LogP) is 2.61. The van der Waals surface area contributed by atoms with Gasteiger partial charge in [-0.1, -0.05) is 13.8 Å². The average Bonchev–Trinajstić information content (AvgIpc) is 3.08. The van der Waals surface area contributed by atoms with E-state index in [9.17, 15) is 9.59 Å². The summed E-state index contributed by atoms with van der Waals surface area (Å²) in [5, 5.41) is 14.4. The van der Waals surface area contributed by atoms with E-state index in [2.05, 4.69) is 10.3 Å². The predicted molar refractivity (Wildman–Crippen MR) is 83.0 cm³/mol. The van der Waals surface area contributed by atoms with Crippen LogP contribution in [0.2, 0.25) is 0 Å². The van der Waals surface area contributed by atoms with E-state index in [0.29, 0.717) is 5.69 Å². The summed E-state index contributed by atoms with van der Waals surface area (Å²) < 4.78 is 5.56. The number of aliphatic carboxylic acids is 1. The molecule has 0 aromatic carbocycles. The highest BCUT2D eigenvalue weighted by Gasteiger charge is 2.34. The number of carboxylic acids is 1. The van der Waals surface area contributed by atoms with Crippen molar-refractivity contribution in [2.24, 2.45) is 5.92 Å². The monoisotopic (exact) mass is 326 g/mol. The number of nitrogens with zero attached hydrogens (tertiary/aromatic N) is 1. The zero-order chi connectivity index (χ0) is 16.3. The number of carbonyl (C=O) groups is 2. The van der Waals surface area contributed by atoms with Gasteiger partial charge in [-0.05, 0) is 25.7 Å². The number of amides is 1. The van der Waals surface area contributed by atoms with Crippen LogP contribution in [0.5, 0.6) is 0 Å². The number of ether oxygens (including phenoxy) is 1. The molecule has 1 amide bonds. The van der Waals surface area contributed by atoms with Crippen LogP contribution in [0, 0.1) is 5.92 Å². The highest BCUT2D eigenvalue weighted by atomic mass is 32.1. The third kappa shape index (κ3) is 3.84. The van der Waals surface area contributed by atoms with Crippen LogP contribution in [-0.2, 0) is 9.53 Å². The molecule has 2 rings (SSSR count). The highest BCUT2D eigenvalue weighted by molar-refractivity contribution is 7.09. The van der Waals surface area contributed by atoms with Gasteiger partial charge in [0.25, 0.3) is 5.91 Å². The van der Waals surface area contributed by atoms with Gasteiger partial charge in [-0.15, -0.1) is 11.3 Å². The Morgan fingerprint density at radius 3 is 2.86 bits per heavy atom. The lowest BCUT2D eigenvalue weighted by molar-refractivity contribution is -0.138. The second-order valence-corrected chi connectivity index (χ2v) is 7.06. The first-order valence-electron chi connectivity index (χ1n) is 7.43. The van der Waals surface area contributed by atoms with Crippen molar-refractivity contribution in [2.45, 2.75) is 51.7 Å². The van der Waals surface area contributed by atoms with Gasteiger partial charge in [-0.3, -0.25) is 9.59 Å². The van der Waals surface area contributed by atoms with Crippen LogP contribution >= 0.6 is 11.3 Å². The molecule has 6 nitrogen and oxygen atoms in total. The summed E-state index contributed by atoms with van der Waals surface area (Å²) in [6, 6.07) is 0. The van der Waals surface area contributed by atoms with E-state index in [0.717, 1.165) is 24.5 Å². The van der Waals surface area contributed by atoms with Crippen molar-refractivity contribution in [3.63, 3.8) is 0 Å². The Kier molecular flexibility index (Phi) is 5.18. The van der Waals surface area contributed by atoms with Crippen molar-refractivity contribution in [3.8, 4) is 0 Å². The molecule has 0 bridgehead atoms. The smallest absolute Gasteiger partial charge is 0.305 e. The van der Waals surface area contributed by atoms with E-state index in [4.69, 9.17) is 9.84 Å². The molecule has 1 aromatic rings. The van der Waals surface area contributed by atoms with Gasteiger partial charge in [-0.2, -0.15) is 0 Å². The minimum absolute atomic E-state index is 0.0104. The Bertz CT molecular complexity index is 551. The summed E-state index contributed by atoms with van der Waals surface area (Å²) in [6.45, 7) is 6.26. The van der Waals surface area contributed by atoms with Crippen LogP contribution in [0.25, 0.3) is 0 Å². The minimum atomic E-state index is -0.935. The number of nitrogens with one attached hydrogen (secondary N) is 1. The van der Waals surface area contributed by atoms with Crippen molar-refractivity contribution in [1.29, 1.82) is 0 Å². The third-order valence-electron chi connectivity index (χ3n) is 4.15. The van der Waals surface area contributed by atoms with Crippen molar-refractivity contribution < 1.29 is 19.4 Å². The molecule has 1 aromatic heterocycles. The van der Waals surface area contributed by atoms with Gasteiger partial charge < -0.3 is 15.2 Å². The van der Waals surface area contributed by atoms with Gasteiger partial charge in [0.05, 0.1) is 12.0 Å². The van der Waals surface area contributed by atoms with Crippen LogP contribution < -0.4 is 5.32 Å². The lowest BCUT2D eigenvalue weighted by atomic mass is 9.85. The standard InChI is InChI=1S/C15H22N2O4S/c1-9(2)15(3,7-12(18)19)17-13(20)10-8-22-14(16-10)11-5-4-6-21-11/h8-9,11H,4-7H2,1-3H3,(H,17,20)(H,18,19). The Morgan fingerprint density at radius 1 is 1.59 bits per heavy atom. The second kappa shape index (κ2) is 6.75. The topological polar surface area (TPSA) is 88.5 Å². The molecular weight excluding hydrogens is 304 g/mol.